The molecule has 0 amide bonds. The summed E-state index contributed by atoms with van der Waals surface area (Å²) in [6.45, 7) is 0. The van der Waals surface area contributed by atoms with Crippen molar-refractivity contribution < 1.29 is 9.50 Å². The molecule has 1 nitrogen and oxygen atoms in total. The van der Waals surface area contributed by atoms with Gasteiger partial charge in [-0.2, -0.15) is 0 Å². The molecule has 3 heteroatoms. The van der Waals surface area contributed by atoms with E-state index < -0.39 is 5.82 Å². The Labute approximate surface area is 162 Å². The fourth-order valence-corrected chi connectivity index (χ4v) is 3.40. The van der Waals surface area contributed by atoms with Gasteiger partial charge in [0.15, 0.2) is 0 Å². The molecule has 4 rings (SSSR count). The van der Waals surface area contributed by atoms with Crippen molar-refractivity contribution in [2.75, 3.05) is 0 Å². The predicted molar refractivity (Wildman–Crippen MR) is 109 cm³/mol. The van der Waals surface area contributed by atoms with Crippen molar-refractivity contribution in [3.05, 3.63) is 102 Å². The number of phenolic OH excluding ortho intramolecular Hbond substituents is 1. The highest BCUT2D eigenvalue weighted by atomic mass is 35.5. The summed E-state index contributed by atoms with van der Waals surface area (Å²) in [4.78, 5) is 0. The smallest absolute Gasteiger partial charge is 0.149 e. The van der Waals surface area contributed by atoms with Crippen LogP contribution in [0.15, 0.2) is 91.0 Å². The minimum atomic E-state index is -0.469. The highest BCUT2D eigenvalue weighted by Crippen LogP contribution is 2.40. The van der Waals surface area contributed by atoms with Gasteiger partial charge in [0.25, 0.3) is 0 Å². The Hall–Kier alpha value is -3.10. The van der Waals surface area contributed by atoms with Crippen molar-refractivity contribution in [1.82, 2.24) is 0 Å². The van der Waals surface area contributed by atoms with Gasteiger partial charge in [0.1, 0.15) is 11.6 Å². The molecule has 1 N–H and O–H groups in total. The summed E-state index contributed by atoms with van der Waals surface area (Å²) in [6.07, 6.45) is 0. The largest absolute Gasteiger partial charge is 0.507 e. The molecule has 0 saturated carbocycles. The number of aromatic hydroxyl groups is 1. The lowest BCUT2D eigenvalue weighted by Gasteiger charge is -2.15. The molecule has 0 fully saturated rings. The third-order valence-corrected chi connectivity index (χ3v) is 4.85. The summed E-state index contributed by atoms with van der Waals surface area (Å²) in [5, 5.41) is 10.5. The van der Waals surface area contributed by atoms with Crippen molar-refractivity contribution >= 4 is 11.6 Å². The Morgan fingerprint density at radius 2 is 1.30 bits per heavy atom. The van der Waals surface area contributed by atoms with E-state index in [0.717, 1.165) is 16.7 Å². The van der Waals surface area contributed by atoms with Gasteiger partial charge in [-0.05, 0) is 40.5 Å². The Kier molecular flexibility index (Phi) is 4.66. The van der Waals surface area contributed by atoms with E-state index in [1.807, 2.05) is 60.7 Å². The maximum atomic E-state index is 14.7. The topological polar surface area (TPSA) is 20.2 Å². The monoisotopic (exact) mass is 374 g/mol. The standard InChI is InChI=1S/C24H16ClFO/c25-22-11-6-10-20(24(22)26)18-14-13-17(16-7-2-1-3-8-16)15-21(18)19-9-4-5-12-23(19)27/h1-15,27H. The summed E-state index contributed by atoms with van der Waals surface area (Å²) in [5.74, 6) is -0.324. The average Bonchev–Trinajstić information content (AvgIpc) is 2.71. The first-order chi connectivity index (χ1) is 13.1. The van der Waals surface area contributed by atoms with Crippen LogP contribution in [0.4, 0.5) is 4.39 Å². The van der Waals surface area contributed by atoms with Crippen LogP contribution in [0, 0.1) is 5.82 Å². The third kappa shape index (κ3) is 3.32. The Balaban J connectivity index is 1.99. The first-order valence-electron chi connectivity index (χ1n) is 8.57. The van der Waals surface area contributed by atoms with Crippen molar-refractivity contribution in [1.29, 1.82) is 0 Å². The van der Waals surface area contributed by atoms with Crippen molar-refractivity contribution in [3.63, 3.8) is 0 Å². The molecule has 4 aromatic carbocycles. The zero-order chi connectivity index (χ0) is 18.8. The van der Waals surface area contributed by atoms with Gasteiger partial charge in [-0.15, -0.1) is 0 Å². The summed E-state index contributed by atoms with van der Waals surface area (Å²) < 4.78 is 14.7. The summed E-state index contributed by atoms with van der Waals surface area (Å²) >= 11 is 6.00. The molecule has 0 unspecified atom stereocenters. The first kappa shape index (κ1) is 17.3. The van der Waals surface area contributed by atoms with E-state index in [4.69, 9.17) is 11.6 Å². The molecule has 132 valence electrons. The molecule has 0 heterocycles. The quantitative estimate of drug-likeness (QED) is 0.402. The lowest BCUT2D eigenvalue weighted by atomic mass is 9.90. The second-order valence-electron chi connectivity index (χ2n) is 6.24. The van der Waals surface area contributed by atoms with E-state index in [9.17, 15) is 9.50 Å². The predicted octanol–water partition coefficient (Wildman–Crippen LogP) is 7.19. The molecule has 0 bridgehead atoms. The van der Waals surface area contributed by atoms with Crippen LogP contribution in [0.1, 0.15) is 0 Å². The molecule has 0 aliphatic carbocycles. The number of hydrogen-bond donors (Lipinski definition) is 1. The van der Waals surface area contributed by atoms with Gasteiger partial charge in [-0.3, -0.25) is 0 Å². The maximum absolute atomic E-state index is 14.7. The van der Waals surface area contributed by atoms with E-state index in [-0.39, 0.29) is 10.8 Å². The maximum Gasteiger partial charge on any atom is 0.149 e. The third-order valence-electron chi connectivity index (χ3n) is 4.56. The van der Waals surface area contributed by atoms with E-state index >= 15 is 0 Å². The SMILES string of the molecule is Oc1ccccc1-c1cc(-c2ccccc2)ccc1-c1cccc(Cl)c1F. The van der Waals surface area contributed by atoms with Crippen LogP contribution in [-0.4, -0.2) is 5.11 Å². The van der Waals surface area contributed by atoms with Gasteiger partial charge in [0, 0.05) is 11.1 Å². The second kappa shape index (κ2) is 7.26. The zero-order valence-electron chi connectivity index (χ0n) is 14.4. The van der Waals surface area contributed by atoms with Crippen LogP contribution in [-0.2, 0) is 0 Å². The Bertz CT molecular complexity index is 1110. The van der Waals surface area contributed by atoms with E-state index in [1.54, 1.807) is 24.3 Å². The van der Waals surface area contributed by atoms with Crippen LogP contribution < -0.4 is 0 Å². The molecule has 0 aliphatic rings. The van der Waals surface area contributed by atoms with Gasteiger partial charge in [-0.1, -0.05) is 84.4 Å². The summed E-state index contributed by atoms with van der Waals surface area (Å²) in [5.41, 5.74) is 4.50. The summed E-state index contributed by atoms with van der Waals surface area (Å²) in [7, 11) is 0. The van der Waals surface area contributed by atoms with Gasteiger partial charge >= 0.3 is 0 Å². The van der Waals surface area contributed by atoms with Gasteiger partial charge < -0.3 is 5.11 Å². The minimum absolute atomic E-state index is 0.0721. The first-order valence-corrected chi connectivity index (χ1v) is 8.95. The number of halogens is 2. The summed E-state index contributed by atoms with van der Waals surface area (Å²) in [6, 6.07) is 27.7. The number of phenols is 1. The molecule has 0 radical (unpaired) electrons. The molecule has 0 aromatic heterocycles. The molecule has 4 aromatic rings. The van der Waals surface area contributed by atoms with Crippen LogP contribution in [0.25, 0.3) is 33.4 Å². The number of rotatable bonds is 3. The molecule has 0 spiro atoms. The average molecular weight is 375 g/mol. The van der Waals surface area contributed by atoms with Gasteiger partial charge in [0.2, 0.25) is 0 Å². The highest BCUT2D eigenvalue weighted by Gasteiger charge is 2.16. The fraction of sp³-hybridized carbons (Fsp3) is 0. The Morgan fingerprint density at radius 1 is 0.593 bits per heavy atom. The van der Waals surface area contributed by atoms with Gasteiger partial charge in [0.05, 0.1) is 5.02 Å². The molecule has 0 atom stereocenters. The van der Waals surface area contributed by atoms with Crippen molar-refractivity contribution in [2.24, 2.45) is 0 Å². The van der Waals surface area contributed by atoms with E-state index in [1.165, 1.54) is 6.07 Å². The molecule has 0 saturated heterocycles. The van der Waals surface area contributed by atoms with Crippen LogP contribution >= 0.6 is 11.6 Å². The van der Waals surface area contributed by atoms with Crippen LogP contribution in [0.5, 0.6) is 5.75 Å². The normalized spacial score (nSPS) is 10.7. The Morgan fingerprint density at radius 3 is 2.07 bits per heavy atom. The van der Waals surface area contributed by atoms with Crippen LogP contribution in [0.2, 0.25) is 5.02 Å². The zero-order valence-corrected chi connectivity index (χ0v) is 15.1. The minimum Gasteiger partial charge on any atom is -0.507 e. The van der Waals surface area contributed by atoms with Crippen LogP contribution in [0.3, 0.4) is 0 Å². The fourth-order valence-electron chi connectivity index (χ4n) is 3.23. The number of hydrogen-bond acceptors (Lipinski definition) is 1. The van der Waals surface area contributed by atoms with Crippen molar-refractivity contribution in [3.8, 4) is 39.1 Å². The lowest BCUT2D eigenvalue weighted by Crippen LogP contribution is -1.91. The van der Waals surface area contributed by atoms with Gasteiger partial charge in [-0.25, -0.2) is 4.39 Å². The molecule has 27 heavy (non-hydrogen) atoms. The molecular weight excluding hydrogens is 359 g/mol. The molecular formula is C24H16ClFO. The van der Waals surface area contributed by atoms with Crippen molar-refractivity contribution in [2.45, 2.75) is 0 Å². The number of para-hydroxylation sites is 1. The number of benzene rings is 4. The van der Waals surface area contributed by atoms with E-state index in [0.29, 0.717) is 16.7 Å². The molecule has 0 aliphatic heterocycles. The lowest BCUT2D eigenvalue weighted by molar-refractivity contribution is 0.477. The second-order valence-corrected chi connectivity index (χ2v) is 6.65. The highest BCUT2D eigenvalue weighted by molar-refractivity contribution is 6.31. The van der Waals surface area contributed by atoms with E-state index in [2.05, 4.69) is 0 Å².